The minimum atomic E-state index is 0. The number of nitrogens with one attached hydrogen (secondary N) is 2. The maximum Gasteiger partial charge on any atom is 0.244 e. The molecule has 1 atom stereocenters. The van der Waals surface area contributed by atoms with Crippen LogP contribution in [0.25, 0.3) is 0 Å². The lowest BCUT2D eigenvalue weighted by molar-refractivity contribution is -0.128. The Hall–Kier alpha value is -1.38. The van der Waals surface area contributed by atoms with Gasteiger partial charge in [-0.3, -0.25) is 9.78 Å². The van der Waals surface area contributed by atoms with E-state index in [1.54, 1.807) is 11.1 Å². The number of amides is 1. The highest BCUT2D eigenvalue weighted by molar-refractivity contribution is 14.0. The van der Waals surface area contributed by atoms with Gasteiger partial charge >= 0.3 is 0 Å². The van der Waals surface area contributed by atoms with E-state index >= 15 is 0 Å². The number of aromatic nitrogens is 1. The Balaban J connectivity index is 0.00000729. The molecule has 0 bridgehead atoms. The van der Waals surface area contributed by atoms with Gasteiger partial charge in [0.25, 0.3) is 0 Å². The SMILES string of the molecule is CCNC(=NCC(=O)N(C)CCc1ccccn1)NC(C)CCCC(C)C.I. The largest absolute Gasteiger partial charge is 0.357 e. The molecule has 1 unspecified atom stereocenters. The summed E-state index contributed by atoms with van der Waals surface area (Å²) in [5.74, 6) is 1.45. The molecule has 0 spiro atoms. The first-order valence-electron chi connectivity index (χ1n) is 10.1. The van der Waals surface area contributed by atoms with Crippen LogP contribution in [0.5, 0.6) is 0 Å². The van der Waals surface area contributed by atoms with Gasteiger partial charge < -0.3 is 15.5 Å². The lowest BCUT2D eigenvalue weighted by Crippen LogP contribution is -2.43. The van der Waals surface area contributed by atoms with Crippen LogP contribution in [0.4, 0.5) is 0 Å². The van der Waals surface area contributed by atoms with Crippen LogP contribution in [0.3, 0.4) is 0 Å². The standard InChI is InChI=1S/C21H37N5O.HI/c1-6-22-21(25-18(4)11-9-10-17(2)3)24-16-20(27)26(5)15-13-19-12-7-8-14-23-19;/h7-8,12,14,17-18H,6,9-11,13,15-16H2,1-5H3,(H2,22,24,25);1H. The molecule has 7 heteroatoms. The molecule has 1 amide bonds. The maximum absolute atomic E-state index is 12.3. The summed E-state index contributed by atoms with van der Waals surface area (Å²) in [5.41, 5.74) is 0.992. The lowest BCUT2D eigenvalue weighted by Gasteiger charge is -2.19. The van der Waals surface area contributed by atoms with Crippen LogP contribution in [-0.2, 0) is 11.2 Å². The van der Waals surface area contributed by atoms with Gasteiger partial charge in [0.1, 0.15) is 6.54 Å². The van der Waals surface area contributed by atoms with Crippen molar-refractivity contribution in [2.24, 2.45) is 10.9 Å². The van der Waals surface area contributed by atoms with Gasteiger partial charge in [-0.2, -0.15) is 0 Å². The van der Waals surface area contributed by atoms with Crippen molar-refractivity contribution in [3.63, 3.8) is 0 Å². The number of likely N-dealkylation sites (N-methyl/N-ethyl adjacent to an activating group) is 1. The molecule has 1 aromatic rings. The van der Waals surface area contributed by atoms with Crippen LogP contribution in [-0.4, -0.2) is 54.5 Å². The summed E-state index contributed by atoms with van der Waals surface area (Å²) >= 11 is 0. The summed E-state index contributed by atoms with van der Waals surface area (Å²) < 4.78 is 0. The van der Waals surface area contributed by atoms with Crippen LogP contribution in [0.15, 0.2) is 29.4 Å². The molecule has 0 aliphatic rings. The van der Waals surface area contributed by atoms with E-state index in [1.165, 1.54) is 12.8 Å². The first kappa shape index (κ1) is 26.6. The molecule has 1 rings (SSSR count). The number of carbonyl (C=O) groups is 1. The smallest absolute Gasteiger partial charge is 0.244 e. The highest BCUT2D eigenvalue weighted by Gasteiger charge is 2.10. The number of hydrogen-bond donors (Lipinski definition) is 2. The van der Waals surface area contributed by atoms with Crippen LogP contribution < -0.4 is 10.6 Å². The van der Waals surface area contributed by atoms with Crippen molar-refractivity contribution in [1.82, 2.24) is 20.5 Å². The van der Waals surface area contributed by atoms with Gasteiger partial charge in [0, 0.05) is 44.5 Å². The second-order valence-electron chi connectivity index (χ2n) is 7.45. The van der Waals surface area contributed by atoms with Crippen molar-refractivity contribution in [3.8, 4) is 0 Å². The number of nitrogens with zero attached hydrogens (tertiary/aromatic N) is 3. The van der Waals surface area contributed by atoms with Gasteiger partial charge in [-0.15, -0.1) is 24.0 Å². The highest BCUT2D eigenvalue weighted by atomic mass is 127. The Kier molecular flexibility index (Phi) is 14.8. The van der Waals surface area contributed by atoms with Crippen molar-refractivity contribution < 1.29 is 4.79 Å². The summed E-state index contributed by atoms with van der Waals surface area (Å²) in [6.45, 7) is 10.2. The number of halogens is 1. The first-order chi connectivity index (χ1) is 12.9. The summed E-state index contributed by atoms with van der Waals surface area (Å²) in [6.07, 6.45) is 6.05. The zero-order chi connectivity index (χ0) is 20.1. The Morgan fingerprint density at radius 3 is 2.61 bits per heavy atom. The van der Waals surface area contributed by atoms with Crippen molar-refractivity contribution in [1.29, 1.82) is 0 Å². The normalized spacial score (nSPS) is 12.3. The van der Waals surface area contributed by atoms with Gasteiger partial charge in [-0.05, 0) is 38.3 Å². The van der Waals surface area contributed by atoms with Crippen LogP contribution in [0.2, 0.25) is 0 Å². The Bertz CT molecular complexity index is 565. The van der Waals surface area contributed by atoms with Gasteiger partial charge in [-0.1, -0.05) is 32.8 Å². The number of hydrogen-bond acceptors (Lipinski definition) is 3. The molecule has 6 nitrogen and oxygen atoms in total. The quantitative estimate of drug-likeness (QED) is 0.276. The topological polar surface area (TPSA) is 69.6 Å². The molecule has 0 aliphatic carbocycles. The maximum atomic E-state index is 12.3. The molecule has 160 valence electrons. The second kappa shape index (κ2) is 15.5. The zero-order valence-electron chi connectivity index (χ0n) is 18.1. The minimum Gasteiger partial charge on any atom is -0.357 e. The van der Waals surface area contributed by atoms with Crippen molar-refractivity contribution in [2.45, 2.75) is 59.4 Å². The highest BCUT2D eigenvalue weighted by Crippen LogP contribution is 2.08. The predicted molar refractivity (Wildman–Crippen MR) is 128 cm³/mol. The number of guanidine groups is 1. The minimum absolute atomic E-state index is 0. The average Bonchev–Trinajstić information content (AvgIpc) is 2.64. The fourth-order valence-corrected chi connectivity index (χ4v) is 2.68. The zero-order valence-corrected chi connectivity index (χ0v) is 20.4. The van der Waals surface area contributed by atoms with E-state index in [4.69, 9.17) is 0 Å². The van der Waals surface area contributed by atoms with Gasteiger partial charge in [0.05, 0.1) is 0 Å². The number of aliphatic imine (C=N–C) groups is 1. The van der Waals surface area contributed by atoms with Crippen LogP contribution in [0, 0.1) is 5.92 Å². The molecule has 0 aromatic carbocycles. The summed E-state index contributed by atoms with van der Waals surface area (Å²) in [4.78, 5) is 22.8. The molecule has 0 aliphatic heterocycles. The summed E-state index contributed by atoms with van der Waals surface area (Å²) in [5, 5.41) is 6.62. The van der Waals surface area contributed by atoms with Crippen molar-refractivity contribution in [3.05, 3.63) is 30.1 Å². The molecular weight excluding hydrogens is 465 g/mol. The second-order valence-corrected chi connectivity index (χ2v) is 7.45. The molecule has 28 heavy (non-hydrogen) atoms. The third-order valence-electron chi connectivity index (χ3n) is 4.37. The molecule has 0 radical (unpaired) electrons. The first-order valence-corrected chi connectivity index (χ1v) is 10.1. The molecule has 0 saturated heterocycles. The molecule has 1 aromatic heterocycles. The van der Waals surface area contributed by atoms with E-state index in [0.29, 0.717) is 18.5 Å². The third kappa shape index (κ3) is 12.2. The van der Waals surface area contributed by atoms with Crippen molar-refractivity contribution in [2.75, 3.05) is 26.7 Å². The van der Waals surface area contributed by atoms with E-state index in [9.17, 15) is 4.79 Å². The van der Waals surface area contributed by atoms with E-state index < -0.39 is 0 Å². The molecule has 0 saturated carbocycles. The fourth-order valence-electron chi connectivity index (χ4n) is 2.68. The van der Waals surface area contributed by atoms with Crippen LogP contribution >= 0.6 is 24.0 Å². The number of carbonyl (C=O) groups excluding carboxylic acids is 1. The monoisotopic (exact) mass is 503 g/mol. The Morgan fingerprint density at radius 2 is 2.00 bits per heavy atom. The summed E-state index contributed by atoms with van der Waals surface area (Å²) in [6, 6.07) is 6.17. The Labute approximate surface area is 188 Å². The number of rotatable bonds is 11. The summed E-state index contributed by atoms with van der Waals surface area (Å²) in [7, 11) is 1.82. The van der Waals surface area contributed by atoms with E-state index in [1.807, 2.05) is 32.2 Å². The average molecular weight is 503 g/mol. The predicted octanol–water partition coefficient (Wildman–Crippen LogP) is 3.47. The van der Waals surface area contributed by atoms with Gasteiger partial charge in [0.2, 0.25) is 5.91 Å². The van der Waals surface area contributed by atoms with E-state index in [0.717, 1.165) is 31.0 Å². The molecular formula is C21H38IN5O. The van der Waals surface area contributed by atoms with Gasteiger partial charge in [-0.25, -0.2) is 4.99 Å². The van der Waals surface area contributed by atoms with E-state index in [2.05, 4.69) is 41.4 Å². The number of pyridine rings is 1. The fraction of sp³-hybridized carbons (Fsp3) is 0.667. The van der Waals surface area contributed by atoms with Crippen LogP contribution in [0.1, 0.15) is 52.7 Å². The Morgan fingerprint density at radius 1 is 1.25 bits per heavy atom. The molecule has 2 N–H and O–H groups in total. The molecule has 0 fully saturated rings. The van der Waals surface area contributed by atoms with E-state index in [-0.39, 0.29) is 36.4 Å². The molecule has 1 heterocycles. The van der Waals surface area contributed by atoms with Crippen molar-refractivity contribution >= 4 is 35.8 Å². The lowest BCUT2D eigenvalue weighted by atomic mass is 10.0. The van der Waals surface area contributed by atoms with Gasteiger partial charge in [0.15, 0.2) is 5.96 Å². The third-order valence-corrected chi connectivity index (χ3v) is 4.37.